The van der Waals surface area contributed by atoms with Gasteiger partial charge in [0.15, 0.2) is 0 Å². The van der Waals surface area contributed by atoms with Crippen molar-refractivity contribution in [2.75, 3.05) is 23.7 Å². The Morgan fingerprint density at radius 2 is 2.05 bits per heavy atom. The Labute approximate surface area is 123 Å². The molecule has 1 aliphatic carbocycles. The summed E-state index contributed by atoms with van der Waals surface area (Å²) in [6, 6.07) is 3.09. The number of aromatic nitrogens is 1. The summed E-state index contributed by atoms with van der Waals surface area (Å²) in [5, 5.41) is 26.7. The fourth-order valence-electron chi connectivity index (χ4n) is 2.60. The smallest absolute Gasteiger partial charge is 0.311 e. The highest BCUT2D eigenvalue weighted by Crippen LogP contribution is 2.27. The van der Waals surface area contributed by atoms with E-state index in [9.17, 15) is 15.2 Å². The van der Waals surface area contributed by atoms with Crippen molar-refractivity contribution < 1.29 is 10.0 Å². The topological polar surface area (TPSA) is 100 Å². The number of hydrogen-bond donors (Lipinski definition) is 3. The molecular weight excluding hydrogens is 272 g/mol. The van der Waals surface area contributed by atoms with E-state index in [-0.39, 0.29) is 11.8 Å². The third-order valence-corrected chi connectivity index (χ3v) is 3.80. The highest BCUT2D eigenvalue weighted by Gasteiger charge is 2.21. The van der Waals surface area contributed by atoms with Crippen LogP contribution in [-0.4, -0.2) is 34.2 Å². The molecule has 0 saturated heterocycles. The molecule has 0 radical (unpaired) electrons. The molecule has 1 aliphatic rings. The minimum atomic E-state index is -0.421. The zero-order valence-electron chi connectivity index (χ0n) is 12.2. The number of hydrogen-bond acceptors (Lipinski definition) is 6. The maximum atomic E-state index is 11.1. The predicted molar refractivity (Wildman–Crippen MR) is 81.5 cm³/mol. The van der Waals surface area contributed by atoms with E-state index in [4.69, 9.17) is 0 Å². The van der Waals surface area contributed by atoms with Crippen LogP contribution in [0.4, 0.5) is 17.3 Å². The number of aliphatic hydroxyl groups excluding tert-OH is 1. The van der Waals surface area contributed by atoms with Gasteiger partial charge in [-0.15, -0.1) is 0 Å². The lowest BCUT2D eigenvalue weighted by molar-refractivity contribution is -0.384. The lowest BCUT2D eigenvalue weighted by atomic mass is 9.87. The Kier molecular flexibility index (Phi) is 5.32. The quantitative estimate of drug-likeness (QED) is 0.550. The van der Waals surface area contributed by atoms with Gasteiger partial charge in [0.05, 0.1) is 11.0 Å². The van der Waals surface area contributed by atoms with Gasteiger partial charge in [0, 0.05) is 19.2 Å². The number of nitro groups is 1. The molecule has 0 spiro atoms. The second-order valence-corrected chi connectivity index (χ2v) is 5.41. The highest BCUT2D eigenvalue weighted by atomic mass is 16.6. The Balaban J connectivity index is 2.02. The molecule has 2 rings (SSSR count). The van der Waals surface area contributed by atoms with Crippen LogP contribution in [0.15, 0.2) is 12.1 Å². The fourth-order valence-corrected chi connectivity index (χ4v) is 2.60. The fraction of sp³-hybridized carbons (Fsp3) is 0.643. The number of aliphatic hydroxyl groups is 1. The molecule has 0 aromatic carbocycles. The van der Waals surface area contributed by atoms with E-state index in [2.05, 4.69) is 15.6 Å². The average Bonchev–Trinajstić information content (AvgIpc) is 2.47. The molecule has 0 bridgehead atoms. The van der Waals surface area contributed by atoms with Crippen molar-refractivity contribution in [2.24, 2.45) is 5.92 Å². The lowest BCUT2D eigenvalue weighted by Gasteiger charge is -2.25. The molecule has 0 amide bonds. The van der Waals surface area contributed by atoms with Gasteiger partial charge in [-0.2, -0.15) is 0 Å². The Morgan fingerprint density at radius 1 is 1.33 bits per heavy atom. The van der Waals surface area contributed by atoms with Gasteiger partial charge < -0.3 is 15.7 Å². The Bertz CT molecular complexity index is 487. The zero-order chi connectivity index (χ0) is 15.2. The van der Waals surface area contributed by atoms with Crippen LogP contribution in [0.1, 0.15) is 32.6 Å². The van der Waals surface area contributed by atoms with Crippen LogP contribution in [0, 0.1) is 16.0 Å². The first-order valence-electron chi connectivity index (χ1n) is 7.41. The molecule has 3 N–H and O–H groups in total. The molecule has 7 nitrogen and oxygen atoms in total. The Hall–Kier alpha value is -1.89. The van der Waals surface area contributed by atoms with Crippen molar-refractivity contribution >= 4 is 17.3 Å². The monoisotopic (exact) mass is 294 g/mol. The molecule has 0 atom stereocenters. The van der Waals surface area contributed by atoms with Gasteiger partial charge in [0.2, 0.25) is 5.82 Å². The number of rotatable bonds is 6. The maximum Gasteiger partial charge on any atom is 0.311 e. The normalized spacial score (nSPS) is 21.8. The maximum absolute atomic E-state index is 11.1. The second-order valence-electron chi connectivity index (χ2n) is 5.41. The number of nitrogens with zero attached hydrogens (tertiary/aromatic N) is 2. The third-order valence-electron chi connectivity index (χ3n) is 3.80. The van der Waals surface area contributed by atoms with Crippen LogP contribution < -0.4 is 10.6 Å². The predicted octanol–water partition coefficient (Wildman–Crippen LogP) is 2.38. The SMILES string of the molecule is CCNc1ccc([N+](=O)[O-])c(NCC2CCC(O)CC2)n1. The summed E-state index contributed by atoms with van der Waals surface area (Å²) in [5.74, 6) is 1.37. The van der Waals surface area contributed by atoms with Gasteiger partial charge >= 0.3 is 5.69 Å². The first-order valence-corrected chi connectivity index (χ1v) is 7.41. The summed E-state index contributed by atoms with van der Waals surface area (Å²) < 4.78 is 0. The molecule has 1 heterocycles. The van der Waals surface area contributed by atoms with E-state index >= 15 is 0 Å². The number of pyridine rings is 1. The average molecular weight is 294 g/mol. The van der Waals surface area contributed by atoms with Crippen molar-refractivity contribution in [3.05, 3.63) is 22.2 Å². The molecule has 1 aromatic heterocycles. The summed E-state index contributed by atoms with van der Waals surface area (Å²) in [6.07, 6.45) is 3.30. The first-order chi connectivity index (χ1) is 10.1. The minimum absolute atomic E-state index is 0.00695. The third kappa shape index (κ3) is 4.29. The zero-order valence-corrected chi connectivity index (χ0v) is 12.2. The largest absolute Gasteiger partial charge is 0.393 e. The minimum Gasteiger partial charge on any atom is -0.393 e. The van der Waals surface area contributed by atoms with Crippen LogP contribution in [0.5, 0.6) is 0 Å². The van der Waals surface area contributed by atoms with Crippen LogP contribution in [0.25, 0.3) is 0 Å². The molecular formula is C14H22N4O3. The molecule has 1 saturated carbocycles. The standard InChI is InChI=1S/C14H22N4O3/c1-2-15-13-8-7-12(18(20)21)14(17-13)16-9-10-3-5-11(19)6-4-10/h7-8,10-11,19H,2-6,9H2,1H3,(H2,15,16,17). The molecule has 0 aliphatic heterocycles. The van der Waals surface area contributed by atoms with Gasteiger partial charge in [-0.05, 0) is 44.6 Å². The summed E-state index contributed by atoms with van der Waals surface area (Å²) >= 11 is 0. The van der Waals surface area contributed by atoms with Crippen molar-refractivity contribution in [3.63, 3.8) is 0 Å². The first kappa shape index (κ1) is 15.5. The number of nitrogens with one attached hydrogen (secondary N) is 2. The second kappa shape index (κ2) is 7.21. The summed E-state index contributed by atoms with van der Waals surface area (Å²) in [6.45, 7) is 3.31. The van der Waals surface area contributed by atoms with E-state index in [0.717, 1.165) is 25.7 Å². The van der Waals surface area contributed by atoms with Gasteiger partial charge in [0.25, 0.3) is 0 Å². The number of anilines is 2. The summed E-state index contributed by atoms with van der Waals surface area (Å²) in [5.41, 5.74) is -0.00695. The van der Waals surface area contributed by atoms with Gasteiger partial charge in [-0.1, -0.05) is 0 Å². The van der Waals surface area contributed by atoms with E-state index in [1.807, 2.05) is 6.92 Å². The summed E-state index contributed by atoms with van der Waals surface area (Å²) in [7, 11) is 0. The van der Waals surface area contributed by atoms with E-state index in [0.29, 0.717) is 30.6 Å². The molecule has 1 aromatic rings. The highest BCUT2D eigenvalue weighted by molar-refractivity contribution is 5.60. The molecule has 0 unspecified atom stereocenters. The van der Waals surface area contributed by atoms with Crippen LogP contribution in [0.3, 0.4) is 0 Å². The summed E-state index contributed by atoms with van der Waals surface area (Å²) in [4.78, 5) is 14.9. The van der Waals surface area contributed by atoms with Crippen molar-refractivity contribution in [1.82, 2.24) is 4.98 Å². The van der Waals surface area contributed by atoms with E-state index in [1.54, 1.807) is 6.07 Å². The van der Waals surface area contributed by atoms with Gasteiger partial charge in [0.1, 0.15) is 5.82 Å². The molecule has 7 heteroatoms. The molecule has 116 valence electrons. The van der Waals surface area contributed by atoms with E-state index < -0.39 is 4.92 Å². The van der Waals surface area contributed by atoms with Crippen LogP contribution in [0.2, 0.25) is 0 Å². The van der Waals surface area contributed by atoms with Gasteiger partial charge in [-0.25, -0.2) is 4.98 Å². The molecule has 21 heavy (non-hydrogen) atoms. The van der Waals surface area contributed by atoms with Crippen molar-refractivity contribution in [1.29, 1.82) is 0 Å². The van der Waals surface area contributed by atoms with Gasteiger partial charge in [-0.3, -0.25) is 10.1 Å². The molecule has 1 fully saturated rings. The Morgan fingerprint density at radius 3 is 2.67 bits per heavy atom. The lowest BCUT2D eigenvalue weighted by Crippen LogP contribution is -2.24. The van der Waals surface area contributed by atoms with Crippen molar-refractivity contribution in [2.45, 2.75) is 38.7 Å². The van der Waals surface area contributed by atoms with Crippen LogP contribution in [-0.2, 0) is 0 Å². The van der Waals surface area contributed by atoms with E-state index in [1.165, 1.54) is 6.07 Å². The van der Waals surface area contributed by atoms with Crippen LogP contribution >= 0.6 is 0 Å². The van der Waals surface area contributed by atoms with Crippen molar-refractivity contribution in [3.8, 4) is 0 Å².